The van der Waals surface area contributed by atoms with Crippen molar-refractivity contribution in [2.75, 3.05) is 13.7 Å². The average molecular weight is 483 g/mol. The van der Waals surface area contributed by atoms with E-state index in [0.717, 1.165) is 11.1 Å². The van der Waals surface area contributed by atoms with Crippen molar-refractivity contribution in [1.29, 1.82) is 0 Å². The molecule has 6 N–H and O–H groups in total. The summed E-state index contributed by atoms with van der Waals surface area (Å²) >= 11 is 0. The van der Waals surface area contributed by atoms with Gasteiger partial charge in [0.1, 0.15) is 30.2 Å². The lowest BCUT2D eigenvalue weighted by Gasteiger charge is -2.40. The van der Waals surface area contributed by atoms with Gasteiger partial charge in [0.05, 0.1) is 6.61 Å². The summed E-state index contributed by atoms with van der Waals surface area (Å²) in [5.41, 5.74) is 2.76. The highest BCUT2D eigenvalue weighted by molar-refractivity contribution is 7.46. The molecule has 0 aromatic heterocycles. The smallest absolute Gasteiger partial charge is 0.462 e. The number of nitrogens with one attached hydrogen (secondary N) is 1. The molecule has 180 valence electrons. The molecule has 33 heavy (non-hydrogen) atoms. The zero-order chi connectivity index (χ0) is 24.3. The van der Waals surface area contributed by atoms with E-state index in [9.17, 15) is 24.7 Å². The molecule has 11 nitrogen and oxygen atoms in total. The van der Waals surface area contributed by atoms with Gasteiger partial charge in [0.15, 0.2) is 0 Å². The molecule has 0 aliphatic carbocycles. The Morgan fingerprint density at radius 3 is 2.39 bits per heavy atom. The number of aliphatic hydroxyl groups is 3. The molecular formula is C21H26NO10P. The molecular weight excluding hydrogens is 457 g/mol. The van der Waals surface area contributed by atoms with E-state index in [-0.39, 0.29) is 5.91 Å². The lowest BCUT2D eigenvalue weighted by molar-refractivity contribution is -0.276. The van der Waals surface area contributed by atoms with E-state index >= 15 is 0 Å². The second kappa shape index (κ2) is 10.3. The van der Waals surface area contributed by atoms with Gasteiger partial charge in [-0.05, 0) is 47.9 Å². The molecule has 0 bridgehead atoms. The van der Waals surface area contributed by atoms with Gasteiger partial charge in [0.2, 0.25) is 6.29 Å². The van der Waals surface area contributed by atoms with Crippen LogP contribution in [0.15, 0.2) is 42.5 Å². The number of hydrogen-bond acceptors (Lipinski definition) is 8. The van der Waals surface area contributed by atoms with Crippen LogP contribution in [0.2, 0.25) is 0 Å². The van der Waals surface area contributed by atoms with E-state index in [2.05, 4.69) is 9.84 Å². The Morgan fingerprint density at radius 2 is 1.76 bits per heavy atom. The van der Waals surface area contributed by atoms with Gasteiger partial charge in [-0.25, -0.2) is 4.57 Å². The summed E-state index contributed by atoms with van der Waals surface area (Å²) < 4.78 is 26.4. The van der Waals surface area contributed by atoms with Crippen LogP contribution in [0.5, 0.6) is 5.75 Å². The van der Waals surface area contributed by atoms with Crippen LogP contribution in [-0.2, 0) is 13.8 Å². The van der Waals surface area contributed by atoms with Crippen LogP contribution in [0.3, 0.4) is 0 Å². The zero-order valence-electron chi connectivity index (χ0n) is 17.9. The Bertz CT molecular complexity index is 1040. The summed E-state index contributed by atoms with van der Waals surface area (Å²) in [6, 6.07) is 12.2. The van der Waals surface area contributed by atoms with Crippen molar-refractivity contribution in [2.24, 2.45) is 0 Å². The largest absolute Gasteiger partial charge is 0.469 e. The summed E-state index contributed by atoms with van der Waals surface area (Å²) in [7, 11) is -3.29. The van der Waals surface area contributed by atoms with Crippen LogP contribution in [0.4, 0.5) is 0 Å². The first-order valence-corrected chi connectivity index (χ1v) is 11.5. The highest BCUT2D eigenvalue weighted by Gasteiger charge is 2.45. The Morgan fingerprint density at radius 1 is 1.06 bits per heavy atom. The van der Waals surface area contributed by atoms with E-state index in [1.807, 2.05) is 6.07 Å². The number of ether oxygens (including phenoxy) is 2. The van der Waals surface area contributed by atoms with Gasteiger partial charge in [-0.1, -0.05) is 18.2 Å². The quantitative estimate of drug-likeness (QED) is 0.301. The van der Waals surface area contributed by atoms with Gasteiger partial charge < -0.3 is 39.9 Å². The number of phosphoric ester groups is 1. The maximum Gasteiger partial charge on any atom is 0.469 e. The summed E-state index contributed by atoms with van der Waals surface area (Å²) in [6.07, 6.45) is -7.76. The standard InChI is InChI=1S/C21H26NO10P/c1-11-8-13(12-4-3-5-14(9-12)20(26)22-2)6-7-15(11)31-21-19(25)18(24)17(23)16(32-21)10-30-33(27,28)29/h3-9,16-19,21,23-25H,10H2,1-2H3,(H,22,26)(H2,27,28,29)/t16-,17+,18-,19+,21-/m0/s1. The zero-order valence-corrected chi connectivity index (χ0v) is 18.8. The molecule has 1 fully saturated rings. The van der Waals surface area contributed by atoms with Crippen molar-refractivity contribution >= 4 is 13.7 Å². The average Bonchev–Trinajstić information content (AvgIpc) is 2.78. The molecule has 0 spiro atoms. The van der Waals surface area contributed by atoms with Gasteiger partial charge >= 0.3 is 7.82 Å². The molecule has 12 heteroatoms. The fourth-order valence-corrected chi connectivity index (χ4v) is 3.73. The van der Waals surface area contributed by atoms with Crippen LogP contribution >= 0.6 is 7.82 Å². The summed E-state index contributed by atoms with van der Waals surface area (Å²) in [5, 5.41) is 33.0. The number of aryl methyl sites for hydroxylation is 1. The summed E-state index contributed by atoms with van der Waals surface area (Å²) in [5.74, 6) is 0.0958. The van der Waals surface area contributed by atoms with E-state index in [4.69, 9.17) is 19.3 Å². The Hall–Kier alpha value is -2.34. The van der Waals surface area contributed by atoms with Gasteiger partial charge in [0.25, 0.3) is 5.91 Å². The van der Waals surface area contributed by atoms with Crippen molar-refractivity contribution in [2.45, 2.75) is 37.6 Å². The van der Waals surface area contributed by atoms with E-state index < -0.39 is 45.1 Å². The van der Waals surface area contributed by atoms with Crippen LogP contribution in [0.25, 0.3) is 11.1 Å². The Labute approximate surface area is 189 Å². The number of carbonyl (C=O) groups is 1. The molecule has 1 aliphatic heterocycles. The van der Waals surface area contributed by atoms with Gasteiger partial charge in [-0.15, -0.1) is 0 Å². The number of aliphatic hydroxyl groups excluding tert-OH is 3. The normalized spacial score (nSPS) is 25.5. The Kier molecular flexibility index (Phi) is 7.88. The first-order valence-electron chi connectivity index (χ1n) is 9.99. The van der Waals surface area contributed by atoms with E-state index in [1.54, 1.807) is 50.4 Å². The molecule has 1 aliphatic rings. The van der Waals surface area contributed by atoms with E-state index in [1.165, 1.54) is 0 Å². The Balaban J connectivity index is 1.77. The molecule has 2 aromatic carbocycles. The molecule has 0 saturated carbocycles. The molecule has 3 rings (SSSR count). The molecule has 1 amide bonds. The number of rotatable bonds is 7. The minimum Gasteiger partial charge on any atom is -0.462 e. The highest BCUT2D eigenvalue weighted by atomic mass is 31.2. The lowest BCUT2D eigenvalue weighted by Crippen LogP contribution is -2.60. The van der Waals surface area contributed by atoms with Gasteiger partial charge in [-0.3, -0.25) is 9.32 Å². The maximum atomic E-state index is 11.9. The number of amides is 1. The van der Waals surface area contributed by atoms with Crippen molar-refractivity contribution in [3.8, 4) is 16.9 Å². The van der Waals surface area contributed by atoms with Crippen LogP contribution in [-0.4, -0.2) is 75.4 Å². The second-order valence-electron chi connectivity index (χ2n) is 7.56. The predicted octanol–water partition coefficient (Wildman–Crippen LogP) is 0.317. The third-order valence-electron chi connectivity index (χ3n) is 5.18. The minimum atomic E-state index is -4.84. The van der Waals surface area contributed by atoms with Crippen molar-refractivity contribution < 1.29 is 48.5 Å². The third-order valence-corrected chi connectivity index (χ3v) is 5.66. The van der Waals surface area contributed by atoms with Crippen molar-refractivity contribution in [3.63, 3.8) is 0 Å². The number of carbonyl (C=O) groups excluding carboxylic acids is 1. The number of phosphoric acid groups is 1. The number of hydrogen-bond donors (Lipinski definition) is 6. The predicted molar refractivity (Wildman–Crippen MR) is 115 cm³/mol. The van der Waals surface area contributed by atoms with Crippen LogP contribution in [0.1, 0.15) is 15.9 Å². The molecule has 0 radical (unpaired) electrons. The summed E-state index contributed by atoms with van der Waals surface area (Å²) in [6.45, 7) is 1.02. The van der Waals surface area contributed by atoms with Gasteiger partial charge in [0, 0.05) is 12.6 Å². The topological polar surface area (TPSA) is 175 Å². The van der Waals surface area contributed by atoms with Crippen LogP contribution < -0.4 is 10.1 Å². The molecule has 0 unspecified atom stereocenters. The summed E-state index contributed by atoms with van der Waals surface area (Å²) in [4.78, 5) is 29.6. The first kappa shape index (κ1) is 25.3. The highest BCUT2D eigenvalue weighted by Crippen LogP contribution is 2.37. The van der Waals surface area contributed by atoms with Crippen molar-refractivity contribution in [1.82, 2.24) is 5.32 Å². The minimum absolute atomic E-state index is 0.213. The fourth-order valence-electron chi connectivity index (χ4n) is 3.39. The molecule has 2 aromatic rings. The SMILES string of the molecule is CNC(=O)c1cccc(-c2ccc(O[C@H]3O[C@@H](COP(=O)(O)O)[C@@H](O)[C@H](O)[C@H]3O)c(C)c2)c1. The third kappa shape index (κ3) is 6.17. The first-order chi connectivity index (χ1) is 15.5. The molecule has 5 atom stereocenters. The second-order valence-corrected chi connectivity index (χ2v) is 8.80. The van der Waals surface area contributed by atoms with Crippen LogP contribution in [0, 0.1) is 6.92 Å². The molecule has 1 saturated heterocycles. The monoisotopic (exact) mass is 483 g/mol. The van der Waals surface area contributed by atoms with E-state index in [0.29, 0.717) is 16.9 Å². The molecule has 1 heterocycles. The van der Waals surface area contributed by atoms with Gasteiger partial charge in [-0.2, -0.15) is 0 Å². The maximum absolute atomic E-state index is 11.9. The van der Waals surface area contributed by atoms with Crippen molar-refractivity contribution in [3.05, 3.63) is 53.6 Å². The fraction of sp³-hybridized carbons (Fsp3) is 0.381. The lowest BCUT2D eigenvalue weighted by atomic mass is 9.99. The number of benzene rings is 2.